The van der Waals surface area contributed by atoms with E-state index in [1.807, 2.05) is 42.5 Å². The number of rotatable bonds is 5. The first-order valence-electron chi connectivity index (χ1n) is 10.9. The molecule has 0 aliphatic carbocycles. The largest absolute Gasteiger partial charge is 0.494 e. The summed E-state index contributed by atoms with van der Waals surface area (Å²) in [6.07, 6.45) is 1.63. The van der Waals surface area contributed by atoms with Crippen molar-refractivity contribution in [2.45, 2.75) is 0 Å². The van der Waals surface area contributed by atoms with E-state index in [0.29, 0.717) is 16.4 Å². The fourth-order valence-electron chi connectivity index (χ4n) is 3.96. The number of carbonyl (C=O) groups excluding carboxylic acids is 1. The molecule has 8 heteroatoms. The van der Waals surface area contributed by atoms with Gasteiger partial charge in [0.15, 0.2) is 5.13 Å². The van der Waals surface area contributed by atoms with Gasteiger partial charge in [0.05, 0.1) is 17.4 Å². The summed E-state index contributed by atoms with van der Waals surface area (Å²) in [6, 6.07) is 17.8. The van der Waals surface area contributed by atoms with Crippen molar-refractivity contribution in [3.8, 4) is 16.9 Å². The lowest BCUT2D eigenvalue weighted by molar-refractivity contribution is 0.102. The van der Waals surface area contributed by atoms with E-state index in [4.69, 9.17) is 4.74 Å². The Labute approximate surface area is 196 Å². The maximum absolute atomic E-state index is 12.9. The van der Waals surface area contributed by atoms with E-state index in [9.17, 15) is 4.79 Å². The van der Waals surface area contributed by atoms with Gasteiger partial charge in [0, 0.05) is 37.9 Å². The Bertz CT molecular complexity index is 1270. The van der Waals surface area contributed by atoms with Crippen molar-refractivity contribution in [3.05, 3.63) is 66.4 Å². The summed E-state index contributed by atoms with van der Waals surface area (Å²) in [4.78, 5) is 26.6. The van der Waals surface area contributed by atoms with Gasteiger partial charge < -0.3 is 14.5 Å². The first-order valence-corrected chi connectivity index (χ1v) is 11.7. The minimum atomic E-state index is -0.230. The van der Waals surface area contributed by atoms with E-state index in [1.165, 1.54) is 11.3 Å². The number of benzene rings is 2. The number of ether oxygens (including phenoxy) is 1. The summed E-state index contributed by atoms with van der Waals surface area (Å²) in [5.41, 5.74) is 3.39. The Balaban J connectivity index is 1.38. The molecule has 0 bridgehead atoms. The molecule has 2 aromatic carbocycles. The topological polar surface area (TPSA) is 70.6 Å². The minimum absolute atomic E-state index is 0.230. The molecule has 5 rings (SSSR count). The van der Waals surface area contributed by atoms with Gasteiger partial charge in [-0.25, -0.2) is 9.97 Å². The van der Waals surface area contributed by atoms with Crippen LogP contribution in [0.1, 0.15) is 10.4 Å². The SMILES string of the molecule is COc1ccc(-c2ccccc2)c2sc(NC(=O)c3ccc(N4CCN(C)CC4)nc3)nc12. The van der Waals surface area contributed by atoms with Crippen LogP contribution in [0.4, 0.5) is 10.9 Å². The van der Waals surface area contributed by atoms with E-state index in [-0.39, 0.29) is 5.91 Å². The van der Waals surface area contributed by atoms with E-state index in [0.717, 1.165) is 53.3 Å². The number of nitrogens with one attached hydrogen (secondary N) is 1. The quantitative estimate of drug-likeness (QED) is 0.478. The fourth-order valence-corrected chi connectivity index (χ4v) is 4.97. The Morgan fingerprint density at radius 1 is 1.03 bits per heavy atom. The molecule has 1 N–H and O–H groups in total. The molecule has 0 radical (unpaired) electrons. The third-order valence-corrected chi connectivity index (χ3v) is 6.87. The predicted molar refractivity (Wildman–Crippen MR) is 134 cm³/mol. The van der Waals surface area contributed by atoms with Crippen LogP contribution in [0.2, 0.25) is 0 Å². The standard InChI is InChI=1S/C25H25N5O2S/c1-29-12-14-30(15-13-29)21-11-8-18(16-26-21)24(31)28-25-27-22-20(32-2)10-9-19(23(22)33-25)17-6-4-3-5-7-17/h3-11,16H,12-15H2,1-2H3,(H,27,28,31). The van der Waals surface area contributed by atoms with Gasteiger partial charge in [-0.15, -0.1) is 0 Å². The average molecular weight is 460 g/mol. The number of likely N-dealkylation sites (N-methyl/N-ethyl adjacent to an activating group) is 1. The van der Waals surface area contributed by atoms with Crippen LogP contribution in [-0.4, -0.2) is 61.1 Å². The molecule has 0 spiro atoms. The molecular weight excluding hydrogens is 434 g/mol. The second-order valence-electron chi connectivity index (χ2n) is 8.03. The number of carbonyl (C=O) groups is 1. The van der Waals surface area contributed by atoms with Crippen molar-refractivity contribution in [3.63, 3.8) is 0 Å². The molecule has 3 heterocycles. The lowest BCUT2D eigenvalue weighted by Crippen LogP contribution is -2.44. The summed E-state index contributed by atoms with van der Waals surface area (Å²) < 4.78 is 6.48. The molecule has 1 amide bonds. The molecule has 7 nitrogen and oxygen atoms in total. The number of thiazole rings is 1. The number of hydrogen-bond acceptors (Lipinski definition) is 7. The predicted octanol–water partition coefficient (Wildman–Crippen LogP) is 4.37. The molecule has 168 valence electrons. The molecule has 1 aliphatic rings. The van der Waals surface area contributed by atoms with Gasteiger partial charge in [0.1, 0.15) is 17.1 Å². The maximum atomic E-state index is 12.9. The van der Waals surface area contributed by atoms with Gasteiger partial charge >= 0.3 is 0 Å². The first-order chi connectivity index (χ1) is 16.1. The molecular formula is C25H25N5O2S. The molecule has 33 heavy (non-hydrogen) atoms. The molecule has 0 atom stereocenters. The third kappa shape index (κ3) is 4.40. The van der Waals surface area contributed by atoms with Crippen molar-refractivity contribution in [2.75, 3.05) is 50.6 Å². The van der Waals surface area contributed by atoms with Crippen molar-refractivity contribution in [1.82, 2.24) is 14.9 Å². The Kier molecular flexibility index (Phi) is 5.93. The zero-order chi connectivity index (χ0) is 22.8. The second-order valence-corrected chi connectivity index (χ2v) is 9.03. The number of amides is 1. The van der Waals surface area contributed by atoms with Crippen LogP contribution in [0, 0.1) is 0 Å². The minimum Gasteiger partial charge on any atom is -0.494 e. The molecule has 1 fully saturated rings. The van der Waals surface area contributed by atoms with E-state index >= 15 is 0 Å². The molecule has 4 aromatic rings. The van der Waals surface area contributed by atoms with Crippen LogP contribution in [0.15, 0.2) is 60.8 Å². The van der Waals surface area contributed by atoms with Crippen LogP contribution in [0.5, 0.6) is 5.75 Å². The summed E-state index contributed by atoms with van der Waals surface area (Å²) >= 11 is 1.44. The Morgan fingerprint density at radius 2 is 1.82 bits per heavy atom. The van der Waals surface area contributed by atoms with E-state index < -0.39 is 0 Å². The monoisotopic (exact) mass is 459 g/mol. The highest BCUT2D eigenvalue weighted by Gasteiger charge is 2.18. The van der Waals surface area contributed by atoms with Gasteiger partial charge in [0.2, 0.25) is 0 Å². The summed E-state index contributed by atoms with van der Waals surface area (Å²) in [7, 11) is 3.75. The summed E-state index contributed by atoms with van der Waals surface area (Å²) in [5, 5.41) is 3.46. The smallest absolute Gasteiger partial charge is 0.259 e. The van der Waals surface area contributed by atoms with Crippen LogP contribution in [-0.2, 0) is 0 Å². The molecule has 0 unspecified atom stereocenters. The summed E-state index contributed by atoms with van der Waals surface area (Å²) in [5.74, 6) is 1.35. The van der Waals surface area contributed by atoms with Gasteiger partial charge in [-0.1, -0.05) is 41.7 Å². The van der Waals surface area contributed by atoms with Gasteiger partial charge in [-0.05, 0) is 36.9 Å². The van der Waals surface area contributed by atoms with Crippen molar-refractivity contribution >= 4 is 38.4 Å². The lowest BCUT2D eigenvalue weighted by Gasteiger charge is -2.33. The average Bonchev–Trinajstić information content (AvgIpc) is 3.28. The molecule has 1 aliphatic heterocycles. The number of anilines is 2. The highest BCUT2D eigenvalue weighted by atomic mass is 32.1. The van der Waals surface area contributed by atoms with Crippen molar-refractivity contribution in [1.29, 1.82) is 0 Å². The zero-order valence-corrected chi connectivity index (χ0v) is 19.4. The van der Waals surface area contributed by atoms with Crippen LogP contribution < -0.4 is 15.0 Å². The normalized spacial score (nSPS) is 14.4. The highest BCUT2D eigenvalue weighted by Crippen LogP contribution is 2.39. The second kappa shape index (κ2) is 9.17. The van der Waals surface area contributed by atoms with Gasteiger partial charge in [-0.3, -0.25) is 10.1 Å². The van der Waals surface area contributed by atoms with Crippen molar-refractivity contribution < 1.29 is 9.53 Å². The number of pyridine rings is 1. The summed E-state index contributed by atoms with van der Waals surface area (Å²) in [6.45, 7) is 3.89. The molecule has 1 saturated heterocycles. The van der Waals surface area contributed by atoms with Crippen LogP contribution in [0.3, 0.4) is 0 Å². The van der Waals surface area contributed by atoms with Crippen LogP contribution in [0.25, 0.3) is 21.3 Å². The van der Waals surface area contributed by atoms with E-state index in [1.54, 1.807) is 13.3 Å². The lowest BCUT2D eigenvalue weighted by atomic mass is 10.1. The van der Waals surface area contributed by atoms with Gasteiger partial charge in [0.25, 0.3) is 5.91 Å². The number of methoxy groups -OCH3 is 1. The van der Waals surface area contributed by atoms with E-state index in [2.05, 4.69) is 44.3 Å². The highest BCUT2D eigenvalue weighted by molar-refractivity contribution is 7.23. The molecule has 2 aromatic heterocycles. The van der Waals surface area contributed by atoms with Crippen molar-refractivity contribution in [2.24, 2.45) is 0 Å². The number of nitrogens with zero attached hydrogens (tertiary/aromatic N) is 4. The fraction of sp³-hybridized carbons (Fsp3) is 0.240. The number of piperazine rings is 1. The van der Waals surface area contributed by atoms with Gasteiger partial charge in [-0.2, -0.15) is 0 Å². The number of fused-ring (bicyclic) bond motifs is 1. The maximum Gasteiger partial charge on any atom is 0.259 e. The Morgan fingerprint density at radius 3 is 2.52 bits per heavy atom. The number of aromatic nitrogens is 2. The zero-order valence-electron chi connectivity index (χ0n) is 18.6. The van der Waals surface area contributed by atoms with Crippen LogP contribution >= 0.6 is 11.3 Å². The molecule has 0 saturated carbocycles. The Hall–Kier alpha value is -3.49. The number of hydrogen-bond donors (Lipinski definition) is 1. The third-order valence-electron chi connectivity index (χ3n) is 5.87. The first kappa shape index (κ1) is 21.4.